The molecule has 0 aliphatic carbocycles. The van der Waals surface area contributed by atoms with Crippen molar-refractivity contribution in [3.8, 4) is 11.5 Å². The van der Waals surface area contributed by atoms with Crippen LogP contribution in [0.25, 0.3) is 0 Å². The van der Waals surface area contributed by atoms with Gasteiger partial charge in [-0.3, -0.25) is 0 Å². The van der Waals surface area contributed by atoms with E-state index in [0.717, 1.165) is 29.9 Å². The van der Waals surface area contributed by atoms with E-state index >= 15 is 0 Å². The Morgan fingerprint density at radius 1 is 0.952 bits per heavy atom. The van der Waals surface area contributed by atoms with Crippen molar-refractivity contribution in [1.82, 2.24) is 0 Å². The lowest BCUT2D eigenvalue weighted by Gasteiger charge is -2.16. The quantitative estimate of drug-likeness (QED) is 0.765. The number of hydrogen-bond donors (Lipinski definition) is 1. The Balaban J connectivity index is 2.19. The van der Waals surface area contributed by atoms with Gasteiger partial charge < -0.3 is 9.84 Å². The van der Waals surface area contributed by atoms with Gasteiger partial charge in [-0.25, -0.2) is 0 Å². The summed E-state index contributed by atoms with van der Waals surface area (Å²) in [7, 11) is 0. The largest absolute Gasteiger partial charge is 0.457 e. The third-order valence-electron chi connectivity index (χ3n) is 3.94. The van der Waals surface area contributed by atoms with E-state index in [1.807, 2.05) is 43.3 Å². The maximum absolute atomic E-state index is 9.82. The van der Waals surface area contributed by atoms with E-state index in [1.165, 1.54) is 5.56 Å². The van der Waals surface area contributed by atoms with Crippen LogP contribution in [-0.4, -0.2) is 5.11 Å². The minimum Gasteiger partial charge on any atom is -0.457 e. The van der Waals surface area contributed by atoms with Gasteiger partial charge in [0.2, 0.25) is 0 Å². The van der Waals surface area contributed by atoms with Gasteiger partial charge in [0.1, 0.15) is 11.5 Å². The first kappa shape index (κ1) is 15.6. The van der Waals surface area contributed by atoms with Gasteiger partial charge in [0.15, 0.2) is 0 Å². The molecule has 2 heteroatoms. The summed E-state index contributed by atoms with van der Waals surface area (Å²) in [6.45, 7) is 6.36. The molecule has 2 nitrogen and oxygen atoms in total. The van der Waals surface area contributed by atoms with Crippen molar-refractivity contribution in [2.75, 3.05) is 0 Å². The van der Waals surface area contributed by atoms with Crippen LogP contribution in [0.2, 0.25) is 0 Å². The van der Waals surface area contributed by atoms with Crippen LogP contribution in [0.5, 0.6) is 11.5 Å². The maximum atomic E-state index is 9.82. The fourth-order valence-electron chi connectivity index (χ4n) is 2.32. The molecule has 2 aromatic rings. The molecule has 2 atom stereocenters. The van der Waals surface area contributed by atoms with Crippen molar-refractivity contribution < 1.29 is 9.84 Å². The lowest BCUT2D eigenvalue weighted by molar-refractivity contribution is 0.173. The molecule has 0 radical (unpaired) electrons. The molecule has 0 spiro atoms. The standard InChI is InChI=1S/C19H24O2/c1-4-14(3)17-8-6-7-9-19(17)21-16-12-10-15(11-13-16)18(20)5-2/h6-14,18,20H,4-5H2,1-3H3. The molecule has 0 fully saturated rings. The highest BCUT2D eigenvalue weighted by molar-refractivity contribution is 5.40. The predicted octanol–water partition coefficient (Wildman–Crippen LogP) is 5.44. The molecular weight excluding hydrogens is 260 g/mol. The zero-order valence-corrected chi connectivity index (χ0v) is 13.0. The molecule has 2 unspecified atom stereocenters. The number of hydrogen-bond acceptors (Lipinski definition) is 2. The highest BCUT2D eigenvalue weighted by Crippen LogP contribution is 2.32. The van der Waals surface area contributed by atoms with Crippen molar-refractivity contribution in [2.45, 2.75) is 45.6 Å². The summed E-state index contributed by atoms with van der Waals surface area (Å²) in [6.07, 6.45) is 1.41. The maximum Gasteiger partial charge on any atom is 0.130 e. The monoisotopic (exact) mass is 284 g/mol. The van der Waals surface area contributed by atoms with Gasteiger partial charge in [0.25, 0.3) is 0 Å². The molecule has 2 rings (SSSR count). The van der Waals surface area contributed by atoms with E-state index in [2.05, 4.69) is 26.0 Å². The molecule has 0 saturated heterocycles. The normalized spacial score (nSPS) is 13.7. The lowest BCUT2D eigenvalue weighted by Crippen LogP contribution is -1.97. The van der Waals surface area contributed by atoms with Gasteiger partial charge in [-0.1, -0.05) is 51.1 Å². The molecule has 112 valence electrons. The Kier molecular flexibility index (Phi) is 5.40. The fourth-order valence-corrected chi connectivity index (χ4v) is 2.32. The average molecular weight is 284 g/mol. The Bertz CT molecular complexity index is 560. The summed E-state index contributed by atoms with van der Waals surface area (Å²) in [5.74, 6) is 2.19. The predicted molar refractivity (Wildman–Crippen MR) is 86.9 cm³/mol. The molecule has 2 aromatic carbocycles. The second kappa shape index (κ2) is 7.28. The summed E-state index contributed by atoms with van der Waals surface area (Å²) in [5.41, 5.74) is 2.16. The van der Waals surface area contributed by atoms with Crippen molar-refractivity contribution in [3.63, 3.8) is 0 Å². The van der Waals surface area contributed by atoms with Crippen LogP contribution in [0, 0.1) is 0 Å². The third kappa shape index (κ3) is 3.85. The molecule has 21 heavy (non-hydrogen) atoms. The number of rotatable bonds is 6. The first-order valence-electron chi connectivity index (χ1n) is 7.70. The van der Waals surface area contributed by atoms with E-state index in [-0.39, 0.29) is 0 Å². The number of benzene rings is 2. The van der Waals surface area contributed by atoms with Crippen molar-refractivity contribution in [3.05, 3.63) is 59.7 Å². The van der Waals surface area contributed by atoms with Crippen molar-refractivity contribution in [1.29, 1.82) is 0 Å². The minimum absolute atomic E-state index is 0.397. The van der Waals surface area contributed by atoms with Crippen LogP contribution < -0.4 is 4.74 Å². The van der Waals surface area contributed by atoms with Crippen LogP contribution in [-0.2, 0) is 0 Å². The Morgan fingerprint density at radius 3 is 2.24 bits per heavy atom. The first-order valence-corrected chi connectivity index (χ1v) is 7.70. The van der Waals surface area contributed by atoms with Crippen LogP contribution in [0.3, 0.4) is 0 Å². The number of aliphatic hydroxyl groups excluding tert-OH is 1. The van der Waals surface area contributed by atoms with E-state index in [4.69, 9.17) is 4.74 Å². The molecule has 0 amide bonds. The average Bonchev–Trinajstić information content (AvgIpc) is 2.54. The van der Waals surface area contributed by atoms with Crippen LogP contribution in [0.15, 0.2) is 48.5 Å². The Labute approximate surface area is 127 Å². The molecular formula is C19H24O2. The minimum atomic E-state index is -0.397. The second-order valence-corrected chi connectivity index (χ2v) is 5.44. The topological polar surface area (TPSA) is 29.5 Å². The third-order valence-corrected chi connectivity index (χ3v) is 3.94. The SMILES string of the molecule is CCC(C)c1ccccc1Oc1ccc(C(O)CC)cc1. The molecule has 0 aliphatic heterocycles. The molecule has 0 bridgehead atoms. The van der Waals surface area contributed by atoms with Crippen molar-refractivity contribution >= 4 is 0 Å². The molecule has 1 N–H and O–H groups in total. The van der Waals surface area contributed by atoms with Crippen molar-refractivity contribution in [2.24, 2.45) is 0 Å². The summed E-state index contributed by atoms with van der Waals surface area (Å²) in [4.78, 5) is 0. The van der Waals surface area contributed by atoms with Crippen LogP contribution in [0.4, 0.5) is 0 Å². The van der Waals surface area contributed by atoms with E-state index in [0.29, 0.717) is 5.92 Å². The van der Waals surface area contributed by atoms with Gasteiger partial charge in [-0.05, 0) is 48.1 Å². The van der Waals surface area contributed by atoms with Crippen LogP contribution in [0.1, 0.15) is 56.8 Å². The number of para-hydroxylation sites is 1. The lowest BCUT2D eigenvalue weighted by atomic mass is 9.98. The molecule has 0 saturated carbocycles. The van der Waals surface area contributed by atoms with E-state index in [9.17, 15) is 5.11 Å². The molecule has 0 heterocycles. The summed E-state index contributed by atoms with van der Waals surface area (Å²) in [5, 5.41) is 9.82. The van der Waals surface area contributed by atoms with Gasteiger partial charge in [0.05, 0.1) is 6.10 Å². The highest BCUT2D eigenvalue weighted by atomic mass is 16.5. The van der Waals surface area contributed by atoms with Gasteiger partial charge in [-0.15, -0.1) is 0 Å². The Morgan fingerprint density at radius 2 is 1.62 bits per heavy atom. The Hall–Kier alpha value is -1.80. The molecule has 0 aliphatic rings. The fraction of sp³-hybridized carbons (Fsp3) is 0.368. The second-order valence-electron chi connectivity index (χ2n) is 5.44. The number of ether oxygens (including phenoxy) is 1. The van der Waals surface area contributed by atoms with Gasteiger partial charge in [-0.2, -0.15) is 0 Å². The van der Waals surface area contributed by atoms with Gasteiger partial charge in [0, 0.05) is 0 Å². The van der Waals surface area contributed by atoms with Crippen LogP contribution >= 0.6 is 0 Å². The summed E-state index contributed by atoms with van der Waals surface area (Å²) < 4.78 is 6.02. The summed E-state index contributed by atoms with van der Waals surface area (Å²) >= 11 is 0. The zero-order valence-electron chi connectivity index (χ0n) is 13.0. The highest BCUT2D eigenvalue weighted by Gasteiger charge is 2.10. The zero-order chi connectivity index (χ0) is 15.2. The van der Waals surface area contributed by atoms with Gasteiger partial charge >= 0.3 is 0 Å². The van der Waals surface area contributed by atoms with E-state index < -0.39 is 6.10 Å². The first-order chi connectivity index (χ1) is 10.2. The smallest absolute Gasteiger partial charge is 0.130 e. The number of aliphatic hydroxyl groups is 1. The molecule has 0 aromatic heterocycles. The van der Waals surface area contributed by atoms with E-state index in [1.54, 1.807) is 0 Å². The summed E-state index contributed by atoms with van der Waals surface area (Å²) in [6, 6.07) is 15.9.